The summed E-state index contributed by atoms with van der Waals surface area (Å²) in [5.74, 6) is -4.06. The second-order valence-electron chi connectivity index (χ2n) is 8.21. The lowest BCUT2D eigenvalue weighted by atomic mass is 9.94. The minimum Gasteiger partial charge on any atom is -0.396 e. The Morgan fingerprint density at radius 2 is 1.67 bits per heavy atom. The zero-order chi connectivity index (χ0) is 25.8. The summed E-state index contributed by atoms with van der Waals surface area (Å²) in [4.78, 5) is 26.0. The zero-order valence-corrected chi connectivity index (χ0v) is 19.6. The van der Waals surface area contributed by atoms with E-state index >= 15 is 0 Å². The van der Waals surface area contributed by atoms with Gasteiger partial charge in [0.15, 0.2) is 23.2 Å². The number of benzene rings is 3. The molecule has 4 rings (SSSR count). The highest BCUT2D eigenvalue weighted by atomic mass is 35.5. The van der Waals surface area contributed by atoms with Crippen molar-refractivity contribution < 1.29 is 23.1 Å². The molecule has 0 spiro atoms. The van der Waals surface area contributed by atoms with E-state index in [0.29, 0.717) is 10.6 Å². The standard InChI is InChI=1S/C26H21ClF3N3O3/c27-19-10-8-16(9-11-19)25-31-33(26(36)32(25)13-17-4-1-2-6-22(17)28)14-20(35)12-18(15-34)21-5-3-7-23(29)24(21)30/h1-11,18,34H,12-15H2. The van der Waals surface area contributed by atoms with Crippen molar-refractivity contribution in [3.8, 4) is 11.4 Å². The molecular formula is C26H21ClF3N3O3. The molecule has 1 aromatic heterocycles. The molecule has 0 aliphatic heterocycles. The lowest BCUT2D eigenvalue weighted by molar-refractivity contribution is -0.120. The number of ketones is 1. The van der Waals surface area contributed by atoms with Gasteiger partial charge < -0.3 is 5.11 Å². The van der Waals surface area contributed by atoms with Crippen LogP contribution in [-0.2, 0) is 17.9 Å². The molecule has 186 valence electrons. The van der Waals surface area contributed by atoms with Gasteiger partial charge in [-0.15, -0.1) is 5.10 Å². The van der Waals surface area contributed by atoms with Crippen molar-refractivity contribution in [3.63, 3.8) is 0 Å². The van der Waals surface area contributed by atoms with Gasteiger partial charge in [-0.3, -0.25) is 9.36 Å². The van der Waals surface area contributed by atoms with E-state index in [1.165, 1.54) is 34.9 Å². The normalized spacial score (nSPS) is 12.0. The van der Waals surface area contributed by atoms with Gasteiger partial charge in [0.25, 0.3) is 0 Å². The number of carbonyl (C=O) groups excluding carboxylic acids is 1. The van der Waals surface area contributed by atoms with Crippen LogP contribution in [-0.4, -0.2) is 31.8 Å². The number of hydrogen-bond acceptors (Lipinski definition) is 4. The summed E-state index contributed by atoms with van der Waals surface area (Å²) in [5.41, 5.74) is -0.0177. The Kier molecular flexibility index (Phi) is 7.71. The van der Waals surface area contributed by atoms with Gasteiger partial charge >= 0.3 is 5.69 Å². The molecule has 0 saturated carbocycles. The predicted molar refractivity (Wildman–Crippen MR) is 128 cm³/mol. The second-order valence-corrected chi connectivity index (χ2v) is 8.65. The number of Topliss-reactive ketones (excluding diaryl/α,β-unsaturated/α-hetero) is 1. The van der Waals surface area contributed by atoms with Gasteiger partial charge in [0, 0.05) is 28.5 Å². The first kappa shape index (κ1) is 25.4. The molecule has 1 heterocycles. The first-order chi connectivity index (χ1) is 17.3. The van der Waals surface area contributed by atoms with Gasteiger partial charge in [0.2, 0.25) is 0 Å². The van der Waals surface area contributed by atoms with Gasteiger partial charge in [-0.1, -0.05) is 41.9 Å². The lowest BCUT2D eigenvalue weighted by Crippen LogP contribution is -2.29. The van der Waals surface area contributed by atoms with Gasteiger partial charge in [-0.2, -0.15) is 0 Å². The average molecular weight is 516 g/mol. The molecule has 36 heavy (non-hydrogen) atoms. The number of halogens is 4. The van der Waals surface area contributed by atoms with Crippen molar-refractivity contribution in [2.75, 3.05) is 6.61 Å². The highest BCUT2D eigenvalue weighted by Crippen LogP contribution is 2.25. The fourth-order valence-corrected chi connectivity index (χ4v) is 4.04. The number of hydrogen-bond donors (Lipinski definition) is 1. The summed E-state index contributed by atoms with van der Waals surface area (Å²) in [5, 5.41) is 14.5. The maximum Gasteiger partial charge on any atom is 0.346 e. The molecule has 0 aliphatic carbocycles. The second kappa shape index (κ2) is 10.9. The van der Waals surface area contributed by atoms with Crippen LogP contribution in [0.15, 0.2) is 71.5 Å². The maximum absolute atomic E-state index is 14.3. The zero-order valence-electron chi connectivity index (χ0n) is 18.9. The molecule has 10 heteroatoms. The molecule has 0 amide bonds. The summed E-state index contributed by atoms with van der Waals surface area (Å²) in [6.07, 6.45) is -0.347. The highest BCUT2D eigenvalue weighted by Gasteiger charge is 2.23. The van der Waals surface area contributed by atoms with Crippen molar-refractivity contribution in [3.05, 3.63) is 111 Å². The first-order valence-corrected chi connectivity index (χ1v) is 11.4. The van der Waals surface area contributed by atoms with Crippen LogP contribution < -0.4 is 5.69 Å². The maximum atomic E-state index is 14.3. The van der Waals surface area contributed by atoms with Gasteiger partial charge in [0.1, 0.15) is 12.4 Å². The van der Waals surface area contributed by atoms with E-state index in [1.54, 1.807) is 30.3 Å². The number of rotatable bonds is 9. The monoisotopic (exact) mass is 515 g/mol. The van der Waals surface area contributed by atoms with E-state index in [4.69, 9.17) is 11.6 Å². The molecule has 0 radical (unpaired) electrons. The molecule has 1 N–H and O–H groups in total. The summed E-state index contributed by atoms with van der Waals surface area (Å²) in [6, 6.07) is 16.0. The number of aliphatic hydroxyl groups excluding tert-OH is 1. The van der Waals surface area contributed by atoms with E-state index in [-0.39, 0.29) is 29.9 Å². The Bertz CT molecular complexity index is 1450. The minimum absolute atomic E-state index is 0.134. The van der Waals surface area contributed by atoms with Crippen LogP contribution in [0.3, 0.4) is 0 Å². The predicted octanol–water partition coefficient (Wildman–Crippen LogP) is 4.57. The molecule has 1 atom stereocenters. The van der Waals surface area contributed by atoms with Crippen LogP contribution in [0, 0.1) is 17.5 Å². The molecule has 6 nitrogen and oxygen atoms in total. The number of nitrogens with zero attached hydrogens (tertiary/aromatic N) is 3. The van der Waals surface area contributed by atoms with Crippen LogP contribution in [0.4, 0.5) is 13.2 Å². The molecule has 0 fully saturated rings. The van der Waals surface area contributed by atoms with E-state index in [1.807, 2.05) is 0 Å². The Balaban J connectivity index is 1.65. The van der Waals surface area contributed by atoms with Crippen molar-refractivity contribution in [1.29, 1.82) is 0 Å². The fourth-order valence-electron chi connectivity index (χ4n) is 3.91. The van der Waals surface area contributed by atoms with Crippen LogP contribution >= 0.6 is 11.6 Å². The van der Waals surface area contributed by atoms with Gasteiger partial charge in [-0.05, 0) is 42.0 Å². The molecule has 3 aromatic carbocycles. The third-order valence-corrected chi connectivity index (χ3v) is 6.01. The SMILES string of the molecule is O=C(CC(CO)c1cccc(F)c1F)Cn1nc(-c2ccc(Cl)cc2)n(Cc2ccccc2F)c1=O. The summed E-state index contributed by atoms with van der Waals surface area (Å²) < 4.78 is 44.3. The van der Waals surface area contributed by atoms with Crippen LogP contribution in [0.2, 0.25) is 5.02 Å². The molecule has 0 aliphatic rings. The minimum atomic E-state index is -1.14. The van der Waals surface area contributed by atoms with Crippen molar-refractivity contribution >= 4 is 17.4 Å². The lowest BCUT2D eigenvalue weighted by Gasteiger charge is -2.14. The fraction of sp³-hybridized carbons (Fsp3) is 0.192. The smallest absolute Gasteiger partial charge is 0.346 e. The van der Waals surface area contributed by atoms with E-state index < -0.39 is 48.0 Å². The summed E-state index contributed by atoms with van der Waals surface area (Å²) in [6.45, 7) is -1.21. The topological polar surface area (TPSA) is 77.1 Å². The Hall–Kier alpha value is -3.69. The summed E-state index contributed by atoms with van der Waals surface area (Å²) in [7, 11) is 0. The van der Waals surface area contributed by atoms with Gasteiger partial charge in [0.05, 0.1) is 13.2 Å². The molecule has 1 unspecified atom stereocenters. The third kappa shape index (κ3) is 5.42. The largest absolute Gasteiger partial charge is 0.396 e. The molecule has 0 bridgehead atoms. The van der Waals surface area contributed by atoms with Crippen molar-refractivity contribution in [2.45, 2.75) is 25.4 Å². The Morgan fingerprint density at radius 3 is 2.36 bits per heavy atom. The highest BCUT2D eigenvalue weighted by molar-refractivity contribution is 6.30. The number of aromatic nitrogens is 3. The Labute approximate surface area is 209 Å². The van der Waals surface area contributed by atoms with Crippen LogP contribution in [0.25, 0.3) is 11.4 Å². The summed E-state index contributed by atoms with van der Waals surface area (Å²) >= 11 is 5.97. The number of carbonyl (C=O) groups is 1. The first-order valence-electron chi connectivity index (χ1n) is 11.0. The van der Waals surface area contributed by atoms with Crippen LogP contribution in [0.1, 0.15) is 23.5 Å². The van der Waals surface area contributed by atoms with Crippen LogP contribution in [0.5, 0.6) is 0 Å². The van der Waals surface area contributed by atoms with E-state index in [2.05, 4.69) is 5.10 Å². The van der Waals surface area contributed by atoms with E-state index in [9.17, 15) is 27.9 Å². The molecular weight excluding hydrogens is 495 g/mol. The molecule has 4 aromatic rings. The molecule has 0 saturated heterocycles. The van der Waals surface area contributed by atoms with Crippen molar-refractivity contribution in [2.24, 2.45) is 0 Å². The van der Waals surface area contributed by atoms with Gasteiger partial charge in [-0.25, -0.2) is 22.6 Å². The third-order valence-electron chi connectivity index (χ3n) is 5.75. The quantitative estimate of drug-likeness (QED) is 0.354. The van der Waals surface area contributed by atoms with Crippen molar-refractivity contribution in [1.82, 2.24) is 14.3 Å². The average Bonchev–Trinajstić information content (AvgIpc) is 3.16. The number of aliphatic hydroxyl groups is 1. The Morgan fingerprint density at radius 1 is 0.972 bits per heavy atom. The van der Waals surface area contributed by atoms with E-state index in [0.717, 1.165) is 10.7 Å².